The third-order valence-electron chi connectivity index (χ3n) is 3.18. The van der Waals surface area contributed by atoms with Crippen molar-refractivity contribution in [1.82, 2.24) is 0 Å². The second-order valence-corrected chi connectivity index (χ2v) is 8.56. The molecule has 0 aliphatic carbocycles. The summed E-state index contributed by atoms with van der Waals surface area (Å²) in [6.45, 7) is 17.7. The van der Waals surface area contributed by atoms with Crippen LogP contribution in [-0.4, -0.2) is 23.8 Å². The maximum Gasteiger partial charge on any atom is 0.167 e. The van der Waals surface area contributed by atoms with Crippen molar-refractivity contribution in [3.63, 3.8) is 0 Å². The standard InChI is InChI=1S/C12H23N3O.C7H13N/c1-10(2,3)14-15-12(6,9-13)8-11(4,5)16-7;1-6(2)4-7(3)5-8/h8H2,1-7H3;6-7H,4H2,1-3H3. The van der Waals surface area contributed by atoms with E-state index >= 15 is 0 Å². The number of nitriles is 2. The smallest absolute Gasteiger partial charge is 0.167 e. The fraction of sp³-hybridized carbons (Fsp3) is 0.895. The molecule has 0 aliphatic rings. The molecule has 0 saturated heterocycles. The van der Waals surface area contributed by atoms with Crippen LogP contribution in [0.5, 0.6) is 0 Å². The molecule has 5 heteroatoms. The maximum absolute atomic E-state index is 9.18. The van der Waals surface area contributed by atoms with Crippen LogP contribution in [0.2, 0.25) is 0 Å². The maximum atomic E-state index is 9.18. The Balaban J connectivity index is 0. The SMILES string of the molecule is CC(C)CC(C)C#N.COC(C)(C)CC(C)(C#N)N=NC(C)(C)C. The topological polar surface area (TPSA) is 81.5 Å². The summed E-state index contributed by atoms with van der Waals surface area (Å²) >= 11 is 0. The van der Waals surface area contributed by atoms with E-state index in [1.54, 1.807) is 14.0 Å². The van der Waals surface area contributed by atoms with Crippen LogP contribution < -0.4 is 0 Å². The third kappa shape index (κ3) is 14.2. The van der Waals surface area contributed by atoms with E-state index in [9.17, 15) is 5.26 Å². The molecule has 2 atom stereocenters. The number of hydrogen-bond donors (Lipinski definition) is 0. The average molecular weight is 337 g/mol. The number of methoxy groups -OCH3 is 1. The van der Waals surface area contributed by atoms with E-state index < -0.39 is 5.54 Å². The van der Waals surface area contributed by atoms with Crippen LogP contribution in [0.3, 0.4) is 0 Å². The highest BCUT2D eigenvalue weighted by molar-refractivity contribution is 5.06. The van der Waals surface area contributed by atoms with Crippen molar-refractivity contribution >= 4 is 0 Å². The van der Waals surface area contributed by atoms with Gasteiger partial charge >= 0.3 is 0 Å². The van der Waals surface area contributed by atoms with E-state index in [0.29, 0.717) is 12.3 Å². The number of hydrogen-bond acceptors (Lipinski definition) is 5. The Labute approximate surface area is 149 Å². The molecule has 0 radical (unpaired) electrons. The molecule has 0 heterocycles. The van der Waals surface area contributed by atoms with E-state index in [4.69, 9.17) is 10.00 Å². The minimum Gasteiger partial charge on any atom is -0.379 e. The van der Waals surface area contributed by atoms with Gasteiger partial charge in [-0.2, -0.15) is 20.8 Å². The van der Waals surface area contributed by atoms with Crippen LogP contribution in [0.1, 0.15) is 75.2 Å². The summed E-state index contributed by atoms with van der Waals surface area (Å²) in [6.07, 6.45) is 1.54. The van der Waals surface area contributed by atoms with Crippen molar-refractivity contribution in [3.8, 4) is 12.1 Å². The Morgan fingerprint density at radius 2 is 1.46 bits per heavy atom. The van der Waals surface area contributed by atoms with Crippen LogP contribution in [0.4, 0.5) is 0 Å². The van der Waals surface area contributed by atoms with Gasteiger partial charge in [-0.15, -0.1) is 0 Å². The molecular formula is C19H36N4O. The van der Waals surface area contributed by atoms with E-state index in [1.807, 2.05) is 41.5 Å². The molecule has 24 heavy (non-hydrogen) atoms. The number of rotatable bonds is 6. The van der Waals surface area contributed by atoms with Gasteiger partial charge < -0.3 is 4.74 Å². The quantitative estimate of drug-likeness (QED) is 0.598. The first-order valence-electron chi connectivity index (χ1n) is 8.50. The number of azo groups is 1. The third-order valence-corrected chi connectivity index (χ3v) is 3.18. The second-order valence-electron chi connectivity index (χ2n) is 8.56. The van der Waals surface area contributed by atoms with Gasteiger partial charge in [-0.05, 0) is 60.8 Å². The highest BCUT2D eigenvalue weighted by Gasteiger charge is 2.33. The summed E-state index contributed by atoms with van der Waals surface area (Å²) in [7, 11) is 1.64. The number of ether oxygens (including phenoxy) is 1. The fourth-order valence-corrected chi connectivity index (χ4v) is 2.02. The number of nitrogens with zero attached hydrogens (tertiary/aromatic N) is 4. The molecule has 0 fully saturated rings. The van der Waals surface area contributed by atoms with Crippen molar-refractivity contribution in [2.24, 2.45) is 22.1 Å². The van der Waals surface area contributed by atoms with Crippen LogP contribution in [0.25, 0.3) is 0 Å². The molecule has 0 aromatic carbocycles. The predicted octanol–water partition coefficient (Wildman–Crippen LogP) is 5.53. The molecule has 0 saturated carbocycles. The van der Waals surface area contributed by atoms with Crippen LogP contribution in [0.15, 0.2) is 10.2 Å². The van der Waals surface area contributed by atoms with Gasteiger partial charge in [0.05, 0.1) is 23.3 Å². The highest BCUT2D eigenvalue weighted by atomic mass is 16.5. The van der Waals surface area contributed by atoms with Gasteiger partial charge in [-0.1, -0.05) is 13.8 Å². The van der Waals surface area contributed by atoms with E-state index in [-0.39, 0.29) is 17.1 Å². The zero-order valence-electron chi connectivity index (χ0n) is 17.3. The lowest BCUT2D eigenvalue weighted by Gasteiger charge is -2.29. The van der Waals surface area contributed by atoms with Gasteiger partial charge in [0.2, 0.25) is 0 Å². The molecule has 138 valence electrons. The highest BCUT2D eigenvalue weighted by Crippen LogP contribution is 2.27. The van der Waals surface area contributed by atoms with E-state index in [2.05, 4.69) is 36.2 Å². The van der Waals surface area contributed by atoms with Gasteiger partial charge in [0.15, 0.2) is 5.54 Å². The van der Waals surface area contributed by atoms with Gasteiger partial charge in [0.25, 0.3) is 0 Å². The molecule has 5 nitrogen and oxygen atoms in total. The molecule has 0 aromatic rings. The largest absolute Gasteiger partial charge is 0.379 e. The Kier molecular flexibility index (Phi) is 10.8. The predicted molar refractivity (Wildman–Crippen MR) is 98.6 cm³/mol. The summed E-state index contributed by atoms with van der Waals surface area (Å²) in [4.78, 5) is 0. The van der Waals surface area contributed by atoms with Gasteiger partial charge in [-0.25, -0.2) is 0 Å². The summed E-state index contributed by atoms with van der Waals surface area (Å²) in [5, 5.41) is 25.8. The molecule has 0 spiro atoms. The van der Waals surface area contributed by atoms with E-state index in [1.165, 1.54) is 0 Å². The van der Waals surface area contributed by atoms with Gasteiger partial charge in [0, 0.05) is 19.4 Å². The second kappa shape index (κ2) is 10.4. The molecule has 0 bridgehead atoms. The lowest BCUT2D eigenvalue weighted by molar-refractivity contribution is 0.00462. The zero-order valence-corrected chi connectivity index (χ0v) is 17.3. The summed E-state index contributed by atoms with van der Waals surface area (Å²) < 4.78 is 5.31. The molecule has 0 aliphatic heterocycles. The molecular weight excluding hydrogens is 300 g/mol. The average Bonchev–Trinajstić information content (AvgIpc) is 2.44. The first-order chi connectivity index (χ1) is 10.7. The van der Waals surface area contributed by atoms with Crippen molar-refractivity contribution in [2.75, 3.05) is 7.11 Å². The van der Waals surface area contributed by atoms with Crippen LogP contribution >= 0.6 is 0 Å². The molecule has 0 rings (SSSR count). The normalized spacial score (nSPS) is 15.9. The Bertz CT molecular complexity index is 463. The summed E-state index contributed by atoms with van der Waals surface area (Å²) in [6, 6.07) is 4.40. The molecule has 0 amide bonds. The van der Waals surface area contributed by atoms with Crippen molar-refractivity contribution in [1.29, 1.82) is 10.5 Å². The Morgan fingerprint density at radius 1 is 0.958 bits per heavy atom. The minimum atomic E-state index is -0.827. The lowest BCUT2D eigenvalue weighted by atomic mass is 9.90. The summed E-state index contributed by atoms with van der Waals surface area (Å²) in [5.74, 6) is 0.889. The van der Waals surface area contributed by atoms with Crippen molar-refractivity contribution in [2.45, 2.75) is 91.8 Å². The zero-order chi connectivity index (χ0) is 19.6. The molecule has 0 aromatic heterocycles. The van der Waals surface area contributed by atoms with Gasteiger partial charge in [0.1, 0.15) is 0 Å². The van der Waals surface area contributed by atoms with Crippen LogP contribution in [-0.2, 0) is 4.74 Å². The Morgan fingerprint density at radius 3 is 1.71 bits per heavy atom. The Hall–Kier alpha value is -1.46. The minimum absolute atomic E-state index is 0.231. The first-order valence-corrected chi connectivity index (χ1v) is 8.50. The molecule has 0 N–H and O–H groups in total. The molecule has 2 unspecified atom stereocenters. The van der Waals surface area contributed by atoms with Gasteiger partial charge in [-0.3, -0.25) is 0 Å². The lowest BCUT2D eigenvalue weighted by Crippen LogP contribution is -2.34. The van der Waals surface area contributed by atoms with Crippen LogP contribution in [0, 0.1) is 34.5 Å². The van der Waals surface area contributed by atoms with E-state index in [0.717, 1.165) is 6.42 Å². The van der Waals surface area contributed by atoms with Crippen molar-refractivity contribution in [3.05, 3.63) is 0 Å². The monoisotopic (exact) mass is 336 g/mol. The first kappa shape index (κ1) is 24.8. The summed E-state index contributed by atoms with van der Waals surface area (Å²) in [5.41, 5.74) is -1.45. The van der Waals surface area contributed by atoms with Crippen molar-refractivity contribution < 1.29 is 4.74 Å². The fourth-order valence-electron chi connectivity index (χ4n) is 2.02.